The summed E-state index contributed by atoms with van der Waals surface area (Å²) < 4.78 is 14.1. The molecule has 0 amide bonds. The topological polar surface area (TPSA) is 50.4 Å². The van der Waals surface area contributed by atoms with Gasteiger partial charge in [-0.1, -0.05) is 37.8 Å². The number of hydrogen-bond acceptors (Lipinski definition) is 2. The van der Waals surface area contributed by atoms with E-state index in [1.807, 2.05) is 6.07 Å². The first-order valence-electron chi connectivity index (χ1n) is 7.02. The molecule has 2 rings (SSSR count). The van der Waals surface area contributed by atoms with Crippen LogP contribution in [0.2, 0.25) is 0 Å². The van der Waals surface area contributed by atoms with Crippen molar-refractivity contribution >= 4 is 5.84 Å². The molecule has 0 heterocycles. The molecule has 0 spiro atoms. The zero-order chi connectivity index (χ0) is 13.7. The third-order valence-electron chi connectivity index (χ3n) is 3.72. The molecule has 104 valence electrons. The van der Waals surface area contributed by atoms with E-state index < -0.39 is 0 Å². The average Bonchev–Trinajstić information content (AvgIpc) is 2.68. The van der Waals surface area contributed by atoms with Crippen LogP contribution in [0.5, 0.6) is 0 Å². The number of nitrogens with zero attached hydrogens (tertiary/aromatic N) is 1. The van der Waals surface area contributed by atoms with Gasteiger partial charge in [0.05, 0.1) is 11.6 Å². The lowest BCUT2D eigenvalue weighted by Gasteiger charge is -2.14. The molecular weight excluding hydrogens is 241 g/mol. The predicted octanol–water partition coefficient (Wildman–Crippen LogP) is 3.07. The van der Waals surface area contributed by atoms with Gasteiger partial charge in [0, 0.05) is 0 Å². The smallest absolute Gasteiger partial charge is 0.145 e. The van der Waals surface area contributed by atoms with Crippen LogP contribution < -0.4 is 11.3 Å². The number of nitrogens with two attached hydrogens (primary N) is 1. The highest BCUT2D eigenvalue weighted by Gasteiger charge is 2.15. The molecule has 0 radical (unpaired) electrons. The minimum absolute atomic E-state index is 0.243. The van der Waals surface area contributed by atoms with E-state index in [0.29, 0.717) is 17.0 Å². The summed E-state index contributed by atoms with van der Waals surface area (Å²) >= 11 is 0. The molecule has 19 heavy (non-hydrogen) atoms. The molecule has 0 unspecified atom stereocenters. The molecule has 1 aliphatic rings. The number of rotatable bonds is 2. The molecule has 4 heteroatoms. The van der Waals surface area contributed by atoms with Crippen molar-refractivity contribution < 1.29 is 4.39 Å². The predicted molar refractivity (Wildman–Crippen MR) is 76.5 cm³/mol. The van der Waals surface area contributed by atoms with Gasteiger partial charge < -0.3 is 5.43 Å². The molecule has 1 aromatic carbocycles. The quantitative estimate of drug-likeness (QED) is 0.283. The zero-order valence-electron chi connectivity index (χ0n) is 11.5. The summed E-state index contributed by atoms with van der Waals surface area (Å²) in [6.07, 6.45) is 7.08. The van der Waals surface area contributed by atoms with Crippen LogP contribution in [0, 0.1) is 12.7 Å². The maximum Gasteiger partial charge on any atom is 0.145 e. The lowest BCUT2D eigenvalue weighted by molar-refractivity contribution is 0.580. The highest BCUT2D eigenvalue weighted by atomic mass is 19.1. The minimum Gasteiger partial charge on any atom is -0.308 e. The van der Waals surface area contributed by atoms with Crippen LogP contribution in [0.4, 0.5) is 4.39 Å². The van der Waals surface area contributed by atoms with Gasteiger partial charge in [0.25, 0.3) is 0 Å². The fourth-order valence-electron chi connectivity index (χ4n) is 2.58. The van der Waals surface area contributed by atoms with Gasteiger partial charge in [0.15, 0.2) is 0 Å². The second-order valence-electron chi connectivity index (χ2n) is 5.20. The number of hydrogen-bond donors (Lipinski definition) is 2. The number of benzene rings is 1. The molecule has 0 atom stereocenters. The summed E-state index contributed by atoms with van der Waals surface area (Å²) in [6.45, 7) is 1.75. The number of halogens is 1. The largest absolute Gasteiger partial charge is 0.308 e. The van der Waals surface area contributed by atoms with E-state index in [1.54, 1.807) is 19.1 Å². The molecule has 1 fully saturated rings. The van der Waals surface area contributed by atoms with Crippen LogP contribution in [0.3, 0.4) is 0 Å². The Balaban J connectivity index is 2.25. The Morgan fingerprint density at radius 2 is 1.95 bits per heavy atom. The van der Waals surface area contributed by atoms with Gasteiger partial charge in [0.1, 0.15) is 11.7 Å². The minimum atomic E-state index is -0.243. The Labute approximate surface area is 114 Å². The van der Waals surface area contributed by atoms with Crippen LogP contribution in [0.1, 0.15) is 49.7 Å². The number of aryl methyl sites for hydroxylation is 1. The van der Waals surface area contributed by atoms with Crippen molar-refractivity contribution in [1.29, 1.82) is 0 Å². The molecule has 0 bridgehead atoms. The second-order valence-corrected chi connectivity index (χ2v) is 5.20. The van der Waals surface area contributed by atoms with Crippen molar-refractivity contribution in [2.45, 2.75) is 51.5 Å². The van der Waals surface area contributed by atoms with E-state index in [4.69, 9.17) is 5.84 Å². The summed E-state index contributed by atoms with van der Waals surface area (Å²) in [5.74, 6) is 5.76. The van der Waals surface area contributed by atoms with Crippen molar-refractivity contribution in [2.24, 2.45) is 10.8 Å². The maximum absolute atomic E-state index is 14.1. The lowest BCUT2D eigenvalue weighted by atomic mass is 10.1. The molecule has 0 aromatic heterocycles. The van der Waals surface area contributed by atoms with Gasteiger partial charge in [-0.25, -0.2) is 10.2 Å². The summed E-state index contributed by atoms with van der Waals surface area (Å²) in [5, 5.41) is 0. The molecule has 1 aromatic rings. The zero-order valence-corrected chi connectivity index (χ0v) is 11.5. The van der Waals surface area contributed by atoms with Crippen molar-refractivity contribution in [2.75, 3.05) is 0 Å². The van der Waals surface area contributed by atoms with Gasteiger partial charge in [-0.15, -0.1) is 0 Å². The number of hydrazine groups is 1. The molecular formula is C15H22FN3. The molecule has 0 saturated heterocycles. The standard InChI is InChI=1S/C15H22FN3/c1-11-7-6-10-13(14(11)16)15(19-17)18-12-8-4-2-3-5-9-12/h6-7,10,12H,2-5,8-9,17H2,1H3,(H,18,19). The third-order valence-corrected chi connectivity index (χ3v) is 3.72. The fraction of sp³-hybridized carbons (Fsp3) is 0.533. The number of nitrogens with one attached hydrogen (secondary N) is 1. The van der Waals surface area contributed by atoms with E-state index in [-0.39, 0.29) is 11.9 Å². The first kappa shape index (κ1) is 14.0. The van der Waals surface area contributed by atoms with Crippen LogP contribution >= 0.6 is 0 Å². The Kier molecular flexibility index (Phi) is 4.91. The van der Waals surface area contributed by atoms with Crippen molar-refractivity contribution in [3.63, 3.8) is 0 Å². The van der Waals surface area contributed by atoms with E-state index in [9.17, 15) is 4.39 Å². The molecule has 3 N–H and O–H groups in total. The van der Waals surface area contributed by atoms with Crippen LogP contribution in [-0.4, -0.2) is 11.9 Å². The molecule has 3 nitrogen and oxygen atoms in total. The summed E-state index contributed by atoms with van der Waals surface area (Å²) in [6, 6.07) is 5.55. The van der Waals surface area contributed by atoms with Crippen LogP contribution in [-0.2, 0) is 0 Å². The first-order valence-corrected chi connectivity index (χ1v) is 7.02. The van der Waals surface area contributed by atoms with E-state index in [2.05, 4.69) is 10.4 Å². The monoisotopic (exact) mass is 263 g/mol. The van der Waals surface area contributed by atoms with Crippen molar-refractivity contribution in [1.82, 2.24) is 5.43 Å². The van der Waals surface area contributed by atoms with Crippen LogP contribution in [0.15, 0.2) is 23.2 Å². The average molecular weight is 263 g/mol. The van der Waals surface area contributed by atoms with Gasteiger partial charge in [-0.3, -0.25) is 4.99 Å². The van der Waals surface area contributed by atoms with E-state index >= 15 is 0 Å². The Morgan fingerprint density at radius 3 is 2.58 bits per heavy atom. The van der Waals surface area contributed by atoms with Crippen molar-refractivity contribution in [3.8, 4) is 0 Å². The first-order chi connectivity index (χ1) is 9.22. The van der Waals surface area contributed by atoms with E-state index in [1.165, 1.54) is 25.7 Å². The van der Waals surface area contributed by atoms with Gasteiger partial charge >= 0.3 is 0 Å². The molecule has 1 aliphatic carbocycles. The van der Waals surface area contributed by atoms with Gasteiger partial charge in [-0.2, -0.15) is 0 Å². The van der Waals surface area contributed by atoms with Crippen LogP contribution in [0.25, 0.3) is 0 Å². The SMILES string of the molecule is Cc1cccc(C(=NC2CCCCCC2)NN)c1F. The molecule has 0 aliphatic heterocycles. The van der Waals surface area contributed by atoms with Gasteiger partial charge in [0.2, 0.25) is 0 Å². The van der Waals surface area contributed by atoms with Gasteiger partial charge in [-0.05, 0) is 31.4 Å². The highest BCUT2D eigenvalue weighted by Crippen LogP contribution is 2.21. The van der Waals surface area contributed by atoms with E-state index in [0.717, 1.165) is 12.8 Å². The Bertz CT molecular complexity index is 449. The lowest BCUT2D eigenvalue weighted by Crippen LogP contribution is -2.33. The second kappa shape index (κ2) is 6.66. The summed E-state index contributed by atoms with van der Waals surface area (Å²) in [7, 11) is 0. The Hall–Kier alpha value is -1.42. The fourth-order valence-corrected chi connectivity index (χ4v) is 2.58. The summed E-state index contributed by atoms with van der Waals surface area (Å²) in [5.41, 5.74) is 3.64. The Morgan fingerprint density at radius 1 is 1.26 bits per heavy atom. The normalized spacial score (nSPS) is 18.2. The van der Waals surface area contributed by atoms with Crippen molar-refractivity contribution in [3.05, 3.63) is 35.1 Å². The number of aliphatic imine (C=N–C) groups is 1. The number of amidine groups is 1. The highest BCUT2D eigenvalue weighted by molar-refractivity contribution is 5.98. The maximum atomic E-state index is 14.1. The molecule has 1 saturated carbocycles. The summed E-state index contributed by atoms with van der Waals surface area (Å²) in [4.78, 5) is 4.63. The third kappa shape index (κ3) is 3.53.